The number of hydrogen-bond acceptors (Lipinski definition) is 2. The van der Waals surface area contributed by atoms with Crippen LogP contribution in [0.3, 0.4) is 0 Å². The highest BCUT2D eigenvalue weighted by molar-refractivity contribution is 5.74. The lowest BCUT2D eigenvalue weighted by Gasteiger charge is -2.34. The van der Waals surface area contributed by atoms with Crippen LogP contribution >= 0.6 is 0 Å². The summed E-state index contributed by atoms with van der Waals surface area (Å²) in [5.74, 6) is 0.990. The number of rotatable bonds is 4. The fourth-order valence-corrected chi connectivity index (χ4v) is 2.05. The van der Waals surface area contributed by atoms with Gasteiger partial charge in [-0.3, -0.25) is 0 Å². The summed E-state index contributed by atoms with van der Waals surface area (Å²) in [6.07, 6.45) is 2.68. The summed E-state index contributed by atoms with van der Waals surface area (Å²) in [7, 11) is 0. The zero-order valence-corrected chi connectivity index (χ0v) is 11.3. The molecule has 4 heteroatoms. The molecule has 0 aromatic rings. The number of β-amino-alcohol motifs (C(OH)–C–C–N with tert-alkyl or cyclic N) is 1. The fourth-order valence-electron chi connectivity index (χ4n) is 2.05. The Bertz CT molecular complexity index is 244. The number of hydrogen-bond donors (Lipinski definition) is 2. The summed E-state index contributed by atoms with van der Waals surface area (Å²) in [4.78, 5) is 13.5. The Morgan fingerprint density at radius 1 is 1.53 bits per heavy atom. The Labute approximate surface area is 104 Å². The Kier molecular flexibility index (Phi) is 5.75. The first-order valence-electron chi connectivity index (χ1n) is 6.71. The maximum atomic E-state index is 11.8. The average Bonchev–Trinajstić information content (AvgIpc) is 2.27. The maximum Gasteiger partial charge on any atom is 0.317 e. The Balaban J connectivity index is 2.19. The van der Waals surface area contributed by atoms with Crippen LogP contribution in [0.4, 0.5) is 4.79 Å². The van der Waals surface area contributed by atoms with Crippen molar-refractivity contribution in [3.05, 3.63) is 0 Å². The molecule has 1 heterocycles. The number of amides is 2. The first-order valence-corrected chi connectivity index (χ1v) is 6.71. The second-order valence-electron chi connectivity index (χ2n) is 5.55. The predicted molar refractivity (Wildman–Crippen MR) is 68.8 cm³/mol. The summed E-state index contributed by atoms with van der Waals surface area (Å²) in [5.41, 5.74) is 0. The lowest BCUT2D eigenvalue weighted by Crippen LogP contribution is -2.49. The van der Waals surface area contributed by atoms with E-state index in [2.05, 4.69) is 19.2 Å². The molecule has 1 rings (SSSR count). The molecule has 0 aromatic carbocycles. The third kappa shape index (κ3) is 4.94. The molecule has 2 atom stereocenters. The van der Waals surface area contributed by atoms with E-state index in [-0.39, 0.29) is 12.1 Å². The summed E-state index contributed by atoms with van der Waals surface area (Å²) < 4.78 is 0. The zero-order valence-electron chi connectivity index (χ0n) is 11.3. The summed E-state index contributed by atoms with van der Waals surface area (Å²) in [6, 6.07) is -0.0280. The number of likely N-dealkylation sites (tertiary alicyclic amines) is 1. The van der Waals surface area contributed by atoms with Gasteiger partial charge in [0, 0.05) is 19.6 Å². The van der Waals surface area contributed by atoms with E-state index in [4.69, 9.17) is 0 Å². The van der Waals surface area contributed by atoms with Crippen LogP contribution in [-0.4, -0.2) is 41.8 Å². The largest absolute Gasteiger partial charge is 0.391 e. The molecule has 0 aliphatic carbocycles. The number of nitrogens with one attached hydrogen (secondary N) is 1. The molecule has 4 nitrogen and oxygen atoms in total. The monoisotopic (exact) mass is 242 g/mol. The van der Waals surface area contributed by atoms with E-state index in [1.54, 1.807) is 4.90 Å². The molecule has 0 radical (unpaired) electrons. The average molecular weight is 242 g/mol. The van der Waals surface area contributed by atoms with E-state index in [1.807, 2.05) is 6.92 Å². The topological polar surface area (TPSA) is 52.6 Å². The van der Waals surface area contributed by atoms with E-state index >= 15 is 0 Å². The number of aliphatic hydroxyl groups is 1. The van der Waals surface area contributed by atoms with E-state index in [9.17, 15) is 9.90 Å². The van der Waals surface area contributed by atoms with Crippen LogP contribution in [0.1, 0.15) is 40.0 Å². The smallest absolute Gasteiger partial charge is 0.317 e. The van der Waals surface area contributed by atoms with Crippen molar-refractivity contribution in [1.82, 2.24) is 10.2 Å². The van der Waals surface area contributed by atoms with Gasteiger partial charge in [0.15, 0.2) is 0 Å². The van der Waals surface area contributed by atoms with Crippen LogP contribution in [0.15, 0.2) is 0 Å². The van der Waals surface area contributed by atoms with Crippen molar-refractivity contribution >= 4 is 6.03 Å². The number of nitrogens with zero attached hydrogens (tertiary/aromatic N) is 1. The first kappa shape index (κ1) is 14.3. The number of piperidine rings is 1. The number of carbonyl (C=O) groups is 1. The SMILES string of the molecule is CC(C)CCCNC(=O)N1CCC(C)C(O)C1. The molecule has 17 heavy (non-hydrogen) atoms. The van der Waals surface area contributed by atoms with Gasteiger partial charge in [-0.05, 0) is 31.1 Å². The molecule has 1 aliphatic heterocycles. The molecule has 0 aromatic heterocycles. The highest BCUT2D eigenvalue weighted by Gasteiger charge is 2.26. The molecule has 1 saturated heterocycles. The second kappa shape index (κ2) is 6.84. The molecule has 1 fully saturated rings. The first-order chi connectivity index (χ1) is 8.00. The summed E-state index contributed by atoms with van der Waals surface area (Å²) in [5, 5.41) is 12.6. The van der Waals surface area contributed by atoms with Gasteiger partial charge in [-0.15, -0.1) is 0 Å². The van der Waals surface area contributed by atoms with Gasteiger partial charge in [0.2, 0.25) is 0 Å². The van der Waals surface area contributed by atoms with Crippen molar-refractivity contribution in [2.75, 3.05) is 19.6 Å². The summed E-state index contributed by atoms with van der Waals surface area (Å²) >= 11 is 0. The minimum Gasteiger partial charge on any atom is -0.391 e. The number of aliphatic hydroxyl groups excluding tert-OH is 1. The van der Waals surface area contributed by atoms with Crippen LogP contribution in [-0.2, 0) is 0 Å². The molecular formula is C13H26N2O2. The normalized spacial score (nSPS) is 25.1. The zero-order chi connectivity index (χ0) is 12.8. The van der Waals surface area contributed by atoms with E-state index in [1.165, 1.54) is 0 Å². The lowest BCUT2D eigenvalue weighted by atomic mass is 9.96. The summed E-state index contributed by atoms with van der Waals surface area (Å²) in [6.45, 7) is 8.36. The van der Waals surface area contributed by atoms with Crippen molar-refractivity contribution in [1.29, 1.82) is 0 Å². The Morgan fingerprint density at radius 2 is 2.24 bits per heavy atom. The maximum absolute atomic E-state index is 11.8. The van der Waals surface area contributed by atoms with E-state index < -0.39 is 0 Å². The van der Waals surface area contributed by atoms with Crippen molar-refractivity contribution in [2.24, 2.45) is 11.8 Å². The van der Waals surface area contributed by atoms with Crippen molar-refractivity contribution < 1.29 is 9.90 Å². The predicted octanol–water partition coefficient (Wildman–Crippen LogP) is 1.83. The van der Waals surface area contributed by atoms with Crippen LogP contribution in [0, 0.1) is 11.8 Å². The molecular weight excluding hydrogens is 216 g/mol. The van der Waals surface area contributed by atoms with Crippen molar-refractivity contribution in [3.8, 4) is 0 Å². The van der Waals surface area contributed by atoms with Gasteiger partial charge in [-0.2, -0.15) is 0 Å². The molecule has 0 saturated carbocycles. The third-order valence-electron chi connectivity index (χ3n) is 3.44. The molecule has 2 N–H and O–H groups in total. The van der Waals surface area contributed by atoms with E-state index in [0.29, 0.717) is 18.4 Å². The highest BCUT2D eigenvalue weighted by Crippen LogP contribution is 2.16. The van der Waals surface area contributed by atoms with Gasteiger partial charge >= 0.3 is 6.03 Å². The highest BCUT2D eigenvalue weighted by atomic mass is 16.3. The van der Waals surface area contributed by atoms with Crippen molar-refractivity contribution in [2.45, 2.75) is 46.1 Å². The quantitative estimate of drug-likeness (QED) is 0.739. The van der Waals surface area contributed by atoms with Crippen molar-refractivity contribution in [3.63, 3.8) is 0 Å². The van der Waals surface area contributed by atoms with Crippen LogP contribution in [0.25, 0.3) is 0 Å². The Hall–Kier alpha value is -0.770. The minimum absolute atomic E-state index is 0.0280. The van der Waals surface area contributed by atoms with Crippen LogP contribution in [0.5, 0.6) is 0 Å². The van der Waals surface area contributed by atoms with Gasteiger partial charge < -0.3 is 15.3 Å². The van der Waals surface area contributed by atoms with Crippen LogP contribution in [0.2, 0.25) is 0 Å². The van der Waals surface area contributed by atoms with Gasteiger partial charge in [0.25, 0.3) is 0 Å². The molecule has 0 spiro atoms. The Morgan fingerprint density at radius 3 is 2.82 bits per heavy atom. The van der Waals surface area contributed by atoms with Gasteiger partial charge in [0.1, 0.15) is 0 Å². The van der Waals surface area contributed by atoms with Gasteiger partial charge in [0.05, 0.1) is 6.10 Å². The lowest BCUT2D eigenvalue weighted by molar-refractivity contribution is 0.0436. The van der Waals surface area contributed by atoms with Crippen LogP contribution < -0.4 is 5.32 Å². The molecule has 2 unspecified atom stereocenters. The molecule has 1 aliphatic rings. The number of urea groups is 1. The van der Waals surface area contributed by atoms with Gasteiger partial charge in [-0.1, -0.05) is 20.8 Å². The molecule has 0 bridgehead atoms. The molecule has 100 valence electrons. The standard InChI is InChI=1S/C13H26N2O2/c1-10(2)5-4-7-14-13(17)15-8-6-11(3)12(16)9-15/h10-12,16H,4-9H2,1-3H3,(H,14,17). The number of carbonyl (C=O) groups excluding carboxylic acids is 1. The minimum atomic E-state index is -0.370. The fraction of sp³-hybridized carbons (Fsp3) is 0.923. The second-order valence-corrected chi connectivity index (χ2v) is 5.55. The van der Waals surface area contributed by atoms with E-state index in [0.717, 1.165) is 32.4 Å². The van der Waals surface area contributed by atoms with Gasteiger partial charge in [-0.25, -0.2) is 4.79 Å². The third-order valence-corrected chi connectivity index (χ3v) is 3.44. The molecule has 2 amide bonds.